The van der Waals surface area contributed by atoms with Crippen LogP contribution in [0, 0.1) is 0 Å². The molecule has 11 nitrogen and oxygen atoms in total. The van der Waals surface area contributed by atoms with Gasteiger partial charge in [0.15, 0.2) is 26.8 Å². The van der Waals surface area contributed by atoms with E-state index < -0.39 is 15.7 Å². The molecule has 0 spiro atoms. The van der Waals surface area contributed by atoms with Crippen molar-refractivity contribution in [1.82, 2.24) is 15.3 Å². The number of sulfone groups is 1. The molecule has 3 aliphatic rings. The van der Waals surface area contributed by atoms with Crippen LogP contribution in [0.5, 0.6) is 5.88 Å². The van der Waals surface area contributed by atoms with Crippen molar-refractivity contribution in [2.24, 2.45) is 5.16 Å². The lowest BCUT2D eigenvalue weighted by atomic mass is 10.1. The number of aromatic nitrogens is 2. The van der Waals surface area contributed by atoms with E-state index in [0.29, 0.717) is 72.0 Å². The van der Waals surface area contributed by atoms with E-state index in [-0.39, 0.29) is 22.0 Å². The van der Waals surface area contributed by atoms with Gasteiger partial charge >= 0.3 is 0 Å². The van der Waals surface area contributed by atoms with Crippen molar-refractivity contribution < 1.29 is 27.5 Å². The van der Waals surface area contributed by atoms with Crippen LogP contribution in [0.4, 0.5) is 5.13 Å². The molecule has 0 radical (unpaired) electrons. The molecule has 6 rings (SSSR count). The lowest BCUT2D eigenvalue weighted by Gasteiger charge is -2.10. The Kier molecular flexibility index (Phi) is 7.47. The van der Waals surface area contributed by atoms with Gasteiger partial charge in [0.2, 0.25) is 5.88 Å². The molecule has 39 heavy (non-hydrogen) atoms. The average Bonchev–Trinajstić information content (AvgIpc) is 3.28. The first-order valence-electron chi connectivity index (χ1n) is 13.1. The van der Waals surface area contributed by atoms with Gasteiger partial charge in [-0.3, -0.25) is 10.1 Å². The van der Waals surface area contributed by atoms with E-state index in [1.165, 1.54) is 23.5 Å². The number of pyridine rings is 1. The molecule has 3 fully saturated rings. The Morgan fingerprint density at radius 3 is 2.69 bits per heavy atom. The van der Waals surface area contributed by atoms with Crippen molar-refractivity contribution in [2.75, 3.05) is 31.7 Å². The van der Waals surface area contributed by atoms with Crippen LogP contribution in [0.1, 0.15) is 37.7 Å². The van der Waals surface area contributed by atoms with Gasteiger partial charge in [-0.1, -0.05) is 28.6 Å². The number of rotatable bonds is 10. The zero-order chi connectivity index (χ0) is 26.8. The first-order chi connectivity index (χ1) is 19.0. The molecule has 1 amide bonds. The van der Waals surface area contributed by atoms with E-state index in [1.807, 2.05) is 6.07 Å². The van der Waals surface area contributed by atoms with Crippen LogP contribution in [0.15, 0.2) is 46.4 Å². The monoisotopic (exact) mass is 571 g/mol. The molecule has 2 aromatic heterocycles. The summed E-state index contributed by atoms with van der Waals surface area (Å²) in [5.74, 6) is -0.0250. The van der Waals surface area contributed by atoms with Crippen molar-refractivity contribution in [3.05, 3.63) is 42.0 Å². The van der Waals surface area contributed by atoms with Crippen LogP contribution in [0.2, 0.25) is 0 Å². The Bertz CT molecular complexity index is 1470. The van der Waals surface area contributed by atoms with Crippen LogP contribution in [-0.4, -0.2) is 73.8 Å². The van der Waals surface area contributed by atoms with E-state index in [2.05, 4.69) is 25.8 Å². The summed E-state index contributed by atoms with van der Waals surface area (Å²) in [6.45, 7) is 2.51. The van der Waals surface area contributed by atoms with Crippen LogP contribution >= 0.6 is 11.3 Å². The second-order valence-corrected chi connectivity index (χ2v) is 13.1. The molecule has 2 N–H and O–H groups in total. The van der Waals surface area contributed by atoms with Gasteiger partial charge in [0.1, 0.15) is 17.0 Å². The first-order valence-corrected chi connectivity index (χ1v) is 15.4. The predicted molar refractivity (Wildman–Crippen MR) is 146 cm³/mol. The Balaban J connectivity index is 1.19. The van der Waals surface area contributed by atoms with E-state index in [0.717, 1.165) is 19.4 Å². The first kappa shape index (κ1) is 26.1. The second-order valence-electron chi connectivity index (χ2n) is 9.85. The number of carbonyl (C=O) groups excluding carboxylic acids is 1. The fraction of sp³-hybridized carbons (Fsp3) is 0.462. The van der Waals surface area contributed by atoms with E-state index in [4.69, 9.17) is 14.3 Å². The molecule has 2 aliphatic heterocycles. The van der Waals surface area contributed by atoms with Crippen LogP contribution in [-0.2, 0) is 24.2 Å². The SMILES string of the molecule is O=C(Nc1nc2ccc(OC[C@H]3CCCN3)nc2s1)C(=NO[C@@H]1CCOC1)c1ccc(S(=O)(=O)C2CC2)cc1. The summed E-state index contributed by atoms with van der Waals surface area (Å²) in [7, 11) is -3.35. The van der Waals surface area contributed by atoms with Gasteiger partial charge in [0.25, 0.3) is 5.91 Å². The number of hydrogen-bond acceptors (Lipinski definition) is 11. The number of amides is 1. The van der Waals surface area contributed by atoms with E-state index in [1.54, 1.807) is 18.2 Å². The summed E-state index contributed by atoms with van der Waals surface area (Å²) in [6, 6.07) is 10.1. The van der Waals surface area contributed by atoms with Crippen molar-refractivity contribution in [3.63, 3.8) is 0 Å². The number of anilines is 1. The normalized spacial score (nSPS) is 21.8. The van der Waals surface area contributed by atoms with Gasteiger partial charge in [0.05, 0.1) is 23.4 Å². The maximum Gasteiger partial charge on any atom is 0.280 e. The van der Waals surface area contributed by atoms with Gasteiger partial charge < -0.3 is 19.6 Å². The number of hydrogen-bond donors (Lipinski definition) is 2. The molecule has 13 heteroatoms. The van der Waals surface area contributed by atoms with Gasteiger partial charge in [-0.25, -0.2) is 18.4 Å². The molecule has 1 saturated carbocycles. The molecule has 0 bridgehead atoms. The average molecular weight is 572 g/mol. The van der Waals surface area contributed by atoms with Crippen LogP contribution < -0.4 is 15.4 Å². The summed E-state index contributed by atoms with van der Waals surface area (Å²) in [6.07, 6.45) is 4.00. The zero-order valence-corrected chi connectivity index (χ0v) is 22.8. The number of thiazole rings is 1. The summed E-state index contributed by atoms with van der Waals surface area (Å²) < 4.78 is 36.4. The fourth-order valence-electron chi connectivity index (χ4n) is 4.50. The standard InChI is InChI=1S/C26H29N5O6S2/c32-24(30-26-28-21-9-10-22(29-25(21)38-26)36-14-17-2-1-12-27-17)23(31-37-18-11-13-35-15-18)16-3-5-19(6-4-16)39(33,34)20-7-8-20/h3-6,9-10,17-18,20,27H,1-2,7-8,11-15H2,(H,28,30,32)/t17-,18-/m1/s1. The molecular weight excluding hydrogens is 542 g/mol. The largest absolute Gasteiger partial charge is 0.476 e. The summed E-state index contributed by atoms with van der Waals surface area (Å²) >= 11 is 1.22. The molecule has 3 aromatic rings. The quantitative estimate of drug-likeness (QED) is 0.278. The third-order valence-electron chi connectivity index (χ3n) is 6.86. The third-order valence-corrected chi connectivity index (χ3v) is 10.0. The molecule has 206 valence electrons. The zero-order valence-electron chi connectivity index (χ0n) is 21.2. The highest BCUT2D eigenvalue weighted by Gasteiger charge is 2.37. The third kappa shape index (κ3) is 6.06. The number of ether oxygens (including phenoxy) is 2. The smallest absolute Gasteiger partial charge is 0.280 e. The van der Waals surface area contributed by atoms with Crippen molar-refractivity contribution >= 4 is 48.3 Å². The van der Waals surface area contributed by atoms with E-state index in [9.17, 15) is 13.2 Å². The Morgan fingerprint density at radius 2 is 1.97 bits per heavy atom. The summed E-state index contributed by atoms with van der Waals surface area (Å²) in [5.41, 5.74) is 1.07. The molecule has 4 heterocycles. The van der Waals surface area contributed by atoms with Gasteiger partial charge in [0, 0.05) is 24.1 Å². The fourth-order valence-corrected chi connectivity index (χ4v) is 6.98. The Labute approximate surface area is 229 Å². The number of nitrogens with one attached hydrogen (secondary N) is 2. The predicted octanol–water partition coefficient (Wildman–Crippen LogP) is 2.91. The van der Waals surface area contributed by atoms with Crippen molar-refractivity contribution in [2.45, 2.75) is 54.4 Å². The lowest BCUT2D eigenvalue weighted by Crippen LogP contribution is -2.28. The second kappa shape index (κ2) is 11.2. The summed E-state index contributed by atoms with van der Waals surface area (Å²) in [5, 5.41) is 10.4. The number of carbonyl (C=O) groups is 1. The molecule has 2 saturated heterocycles. The lowest BCUT2D eigenvalue weighted by molar-refractivity contribution is -0.110. The highest BCUT2D eigenvalue weighted by molar-refractivity contribution is 7.92. The van der Waals surface area contributed by atoms with Crippen molar-refractivity contribution in [1.29, 1.82) is 0 Å². The Hall–Kier alpha value is -3.13. The topological polar surface area (TPSA) is 141 Å². The minimum atomic E-state index is -3.35. The molecule has 1 aliphatic carbocycles. The van der Waals surface area contributed by atoms with Crippen LogP contribution in [0.3, 0.4) is 0 Å². The molecule has 1 aromatic carbocycles. The highest BCUT2D eigenvalue weighted by atomic mass is 32.2. The van der Waals surface area contributed by atoms with Gasteiger partial charge in [-0.2, -0.15) is 0 Å². The molecule has 2 atom stereocenters. The minimum Gasteiger partial charge on any atom is -0.476 e. The van der Waals surface area contributed by atoms with Gasteiger partial charge in [-0.15, -0.1) is 0 Å². The van der Waals surface area contributed by atoms with Crippen molar-refractivity contribution in [3.8, 4) is 5.88 Å². The maximum absolute atomic E-state index is 13.4. The number of benzene rings is 1. The van der Waals surface area contributed by atoms with Crippen LogP contribution in [0.25, 0.3) is 10.3 Å². The molecular formula is C26H29N5O6S2. The minimum absolute atomic E-state index is 0.0116. The Morgan fingerprint density at radius 1 is 1.13 bits per heavy atom. The number of fused-ring (bicyclic) bond motifs is 1. The number of nitrogens with zero attached hydrogens (tertiary/aromatic N) is 3. The van der Waals surface area contributed by atoms with Gasteiger partial charge in [-0.05, 0) is 50.4 Å². The summed E-state index contributed by atoms with van der Waals surface area (Å²) in [4.78, 5) is 28.8. The van der Waals surface area contributed by atoms with E-state index >= 15 is 0 Å². The number of oxime groups is 1. The maximum atomic E-state index is 13.4. The molecule has 0 unspecified atom stereocenters. The highest BCUT2D eigenvalue weighted by Crippen LogP contribution is 2.33.